The van der Waals surface area contributed by atoms with Crippen LogP contribution < -0.4 is 11.1 Å². The number of halogens is 1. The molecule has 23 heavy (non-hydrogen) atoms. The second kappa shape index (κ2) is 11.2. The molecule has 1 aliphatic heterocycles. The Morgan fingerprint density at radius 2 is 2.13 bits per heavy atom. The van der Waals surface area contributed by atoms with Crippen molar-refractivity contribution in [2.24, 2.45) is 5.73 Å². The van der Waals surface area contributed by atoms with E-state index in [0.717, 1.165) is 19.3 Å². The van der Waals surface area contributed by atoms with Crippen LogP contribution in [-0.4, -0.2) is 75.9 Å². The van der Waals surface area contributed by atoms with E-state index in [1.807, 2.05) is 0 Å². The molecule has 1 saturated heterocycles. The van der Waals surface area contributed by atoms with Crippen LogP contribution in [0.3, 0.4) is 0 Å². The molecular weight excluding hydrogens is 344 g/mol. The number of methoxy groups -OCH3 is 1. The van der Waals surface area contributed by atoms with Crippen LogP contribution in [0.25, 0.3) is 0 Å². The van der Waals surface area contributed by atoms with Crippen molar-refractivity contribution in [2.45, 2.75) is 31.7 Å². The maximum absolute atomic E-state index is 12.6. The number of nitrogens with one attached hydrogen (secondary N) is 1. The molecule has 0 saturated carbocycles. The van der Waals surface area contributed by atoms with E-state index in [4.69, 9.17) is 10.5 Å². The van der Waals surface area contributed by atoms with Gasteiger partial charge in [0.2, 0.25) is 5.91 Å². The molecule has 1 heterocycles. The summed E-state index contributed by atoms with van der Waals surface area (Å²) in [5, 5.41) is 2.77. The molecule has 8 nitrogen and oxygen atoms in total. The maximum atomic E-state index is 12.6. The van der Waals surface area contributed by atoms with Gasteiger partial charge in [0.15, 0.2) is 0 Å². The normalized spacial score (nSPS) is 19.4. The maximum Gasteiger partial charge on any atom is 0.282 e. The molecule has 1 aliphatic rings. The van der Waals surface area contributed by atoms with Gasteiger partial charge in [-0.1, -0.05) is 6.42 Å². The number of carbonyl (C=O) groups is 1. The second-order valence-corrected chi connectivity index (χ2v) is 7.41. The number of carbonyl (C=O) groups excluding carboxylic acids is 1. The summed E-state index contributed by atoms with van der Waals surface area (Å²) in [6.45, 7) is 1.76. The van der Waals surface area contributed by atoms with Crippen molar-refractivity contribution in [3.63, 3.8) is 0 Å². The van der Waals surface area contributed by atoms with E-state index >= 15 is 0 Å². The van der Waals surface area contributed by atoms with Crippen LogP contribution in [-0.2, 0) is 19.7 Å². The highest BCUT2D eigenvalue weighted by molar-refractivity contribution is 7.86. The van der Waals surface area contributed by atoms with Crippen molar-refractivity contribution in [2.75, 3.05) is 46.9 Å². The third-order valence-electron chi connectivity index (χ3n) is 3.78. The second-order valence-electron chi connectivity index (χ2n) is 5.43. The van der Waals surface area contributed by atoms with Crippen molar-refractivity contribution < 1.29 is 17.9 Å². The third kappa shape index (κ3) is 6.90. The first-order chi connectivity index (χ1) is 10.4. The zero-order chi connectivity index (χ0) is 16.6. The van der Waals surface area contributed by atoms with Gasteiger partial charge in [0, 0.05) is 52.8 Å². The minimum Gasteiger partial charge on any atom is -0.383 e. The Balaban J connectivity index is 0.00000484. The Labute approximate surface area is 145 Å². The molecule has 1 atom stereocenters. The van der Waals surface area contributed by atoms with Gasteiger partial charge >= 0.3 is 0 Å². The Bertz CT molecular complexity index is 449. The van der Waals surface area contributed by atoms with Gasteiger partial charge < -0.3 is 15.8 Å². The van der Waals surface area contributed by atoms with E-state index in [9.17, 15) is 13.2 Å². The van der Waals surface area contributed by atoms with Gasteiger partial charge in [-0.05, 0) is 12.8 Å². The standard InChI is InChI=1S/C13H28N4O4S.ClH/c1-16(9-10-21-2)22(19,20)17-8-4-3-5-12(17)11-15-13(18)6-7-14;/h12H,3-11,14H2,1-2H3,(H,15,18);1H. The minimum atomic E-state index is -3.53. The van der Waals surface area contributed by atoms with Crippen molar-refractivity contribution in [3.8, 4) is 0 Å². The first kappa shape index (κ1) is 22.6. The van der Waals surface area contributed by atoms with E-state index in [2.05, 4.69) is 5.32 Å². The number of hydrogen-bond donors (Lipinski definition) is 2. The summed E-state index contributed by atoms with van der Waals surface area (Å²) in [4.78, 5) is 11.5. The number of nitrogens with two attached hydrogens (primary N) is 1. The molecule has 0 aromatic rings. The van der Waals surface area contributed by atoms with E-state index < -0.39 is 10.2 Å². The van der Waals surface area contributed by atoms with Gasteiger partial charge in [0.1, 0.15) is 0 Å². The Morgan fingerprint density at radius 1 is 1.43 bits per heavy atom. The van der Waals surface area contributed by atoms with E-state index in [-0.39, 0.29) is 37.3 Å². The lowest BCUT2D eigenvalue weighted by Gasteiger charge is -2.37. The van der Waals surface area contributed by atoms with Gasteiger partial charge in [-0.3, -0.25) is 4.79 Å². The lowest BCUT2D eigenvalue weighted by molar-refractivity contribution is -0.121. The van der Waals surface area contributed by atoms with E-state index in [0.29, 0.717) is 26.2 Å². The number of piperidine rings is 1. The molecule has 0 spiro atoms. The fourth-order valence-electron chi connectivity index (χ4n) is 2.45. The number of rotatable bonds is 9. The van der Waals surface area contributed by atoms with Gasteiger partial charge in [0.05, 0.1) is 6.61 Å². The number of nitrogens with zero attached hydrogens (tertiary/aromatic N) is 2. The highest BCUT2D eigenvalue weighted by Gasteiger charge is 2.34. The quantitative estimate of drug-likeness (QED) is 0.570. The van der Waals surface area contributed by atoms with E-state index in [1.54, 1.807) is 7.05 Å². The van der Waals surface area contributed by atoms with Gasteiger partial charge in [-0.15, -0.1) is 12.4 Å². The number of ether oxygens (including phenoxy) is 1. The number of amides is 1. The van der Waals surface area contributed by atoms with Gasteiger partial charge in [-0.2, -0.15) is 17.0 Å². The summed E-state index contributed by atoms with van der Waals surface area (Å²) in [5.41, 5.74) is 5.34. The molecule has 0 aromatic heterocycles. The average Bonchev–Trinajstić information content (AvgIpc) is 2.51. The van der Waals surface area contributed by atoms with Crippen LogP contribution in [0.5, 0.6) is 0 Å². The van der Waals surface area contributed by atoms with Crippen molar-refractivity contribution in [1.29, 1.82) is 0 Å². The third-order valence-corrected chi connectivity index (χ3v) is 5.82. The summed E-state index contributed by atoms with van der Waals surface area (Å²) in [6.07, 6.45) is 2.81. The zero-order valence-electron chi connectivity index (χ0n) is 13.9. The van der Waals surface area contributed by atoms with Crippen molar-refractivity contribution in [3.05, 3.63) is 0 Å². The minimum absolute atomic E-state index is 0. The molecule has 1 amide bonds. The predicted octanol–water partition coefficient (Wildman–Crippen LogP) is -0.449. The topological polar surface area (TPSA) is 105 Å². The Hall–Kier alpha value is -0.450. The highest BCUT2D eigenvalue weighted by Crippen LogP contribution is 2.21. The summed E-state index contributed by atoms with van der Waals surface area (Å²) in [6, 6.07) is -0.203. The molecule has 10 heteroatoms. The fourth-order valence-corrected chi connectivity index (χ4v) is 4.03. The molecule has 0 bridgehead atoms. The first-order valence-electron chi connectivity index (χ1n) is 7.62. The smallest absolute Gasteiger partial charge is 0.282 e. The summed E-state index contributed by atoms with van der Waals surface area (Å²) in [5.74, 6) is -0.141. The van der Waals surface area contributed by atoms with Crippen molar-refractivity contribution >= 4 is 28.5 Å². The lowest BCUT2D eigenvalue weighted by atomic mass is 10.1. The molecule has 0 aromatic carbocycles. The average molecular weight is 373 g/mol. The van der Waals surface area contributed by atoms with Crippen LogP contribution >= 0.6 is 12.4 Å². The largest absolute Gasteiger partial charge is 0.383 e. The summed E-state index contributed by atoms with van der Waals surface area (Å²) >= 11 is 0. The SMILES string of the molecule is COCCN(C)S(=O)(=O)N1CCCCC1CNC(=O)CCN.Cl. The van der Waals surface area contributed by atoms with E-state index in [1.165, 1.54) is 15.7 Å². The highest BCUT2D eigenvalue weighted by atomic mass is 35.5. The molecule has 3 N–H and O–H groups in total. The number of hydrogen-bond acceptors (Lipinski definition) is 5. The van der Waals surface area contributed by atoms with Crippen LogP contribution in [0, 0.1) is 0 Å². The van der Waals surface area contributed by atoms with Crippen LogP contribution in [0.1, 0.15) is 25.7 Å². The molecule has 1 fully saturated rings. The van der Waals surface area contributed by atoms with Crippen LogP contribution in [0.2, 0.25) is 0 Å². The van der Waals surface area contributed by atoms with Crippen molar-refractivity contribution in [1.82, 2.24) is 13.9 Å². The first-order valence-corrected chi connectivity index (χ1v) is 9.02. The summed E-state index contributed by atoms with van der Waals surface area (Å²) < 4.78 is 33.0. The fraction of sp³-hybridized carbons (Fsp3) is 0.923. The molecule has 138 valence electrons. The monoisotopic (exact) mass is 372 g/mol. The Kier molecular flexibility index (Phi) is 10.9. The lowest BCUT2D eigenvalue weighted by Crippen LogP contribution is -2.53. The Morgan fingerprint density at radius 3 is 2.74 bits per heavy atom. The van der Waals surface area contributed by atoms with Gasteiger partial charge in [0.25, 0.3) is 10.2 Å². The number of likely N-dealkylation sites (N-methyl/N-ethyl adjacent to an activating group) is 1. The predicted molar refractivity (Wildman–Crippen MR) is 91.7 cm³/mol. The van der Waals surface area contributed by atoms with Gasteiger partial charge in [-0.25, -0.2) is 0 Å². The molecule has 1 rings (SSSR count). The molecule has 1 unspecified atom stereocenters. The molecule has 0 aliphatic carbocycles. The van der Waals surface area contributed by atoms with Crippen LogP contribution in [0.4, 0.5) is 0 Å². The zero-order valence-corrected chi connectivity index (χ0v) is 15.5. The molecular formula is C13H29ClN4O4S. The molecule has 0 radical (unpaired) electrons. The summed E-state index contributed by atoms with van der Waals surface area (Å²) in [7, 11) is -0.446. The van der Waals surface area contributed by atoms with Crippen LogP contribution in [0.15, 0.2) is 0 Å².